The standard InChI is InChI=1S/C12H16FN3O/c13-9-4-5-11(14)10(8-9)12(17)15-16-6-2-1-3-7-16/h4-5,8H,1-3,6-7,14H2,(H,15,17). The molecular formula is C12H16FN3O. The topological polar surface area (TPSA) is 58.4 Å². The van der Waals surface area contributed by atoms with E-state index in [0.29, 0.717) is 5.69 Å². The third-order valence-corrected chi connectivity index (χ3v) is 2.88. The largest absolute Gasteiger partial charge is 0.398 e. The van der Waals surface area contributed by atoms with Crippen LogP contribution in [0.15, 0.2) is 18.2 Å². The number of hydrogen-bond acceptors (Lipinski definition) is 3. The van der Waals surface area contributed by atoms with E-state index in [1.807, 2.05) is 5.01 Å². The molecule has 17 heavy (non-hydrogen) atoms. The molecule has 0 radical (unpaired) electrons. The maximum absolute atomic E-state index is 13.0. The lowest BCUT2D eigenvalue weighted by Crippen LogP contribution is -2.45. The molecule has 0 bridgehead atoms. The molecule has 2 rings (SSSR count). The summed E-state index contributed by atoms with van der Waals surface area (Å²) in [4.78, 5) is 11.9. The molecule has 1 aromatic rings. The third kappa shape index (κ3) is 2.94. The van der Waals surface area contributed by atoms with Crippen LogP contribution in [0.25, 0.3) is 0 Å². The number of hydrogen-bond donors (Lipinski definition) is 2. The van der Waals surface area contributed by atoms with Crippen molar-refractivity contribution in [2.45, 2.75) is 19.3 Å². The molecule has 0 saturated carbocycles. The zero-order valence-electron chi connectivity index (χ0n) is 9.58. The van der Waals surface area contributed by atoms with Crippen LogP contribution in [0, 0.1) is 5.82 Å². The predicted octanol–water partition coefficient (Wildman–Crippen LogP) is 1.54. The normalized spacial score (nSPS) is 16.8. The van der Waals surface area contributed by atoms with Gasteiger partial charge >= 0.3 is 0 Å². The van der Waals surface area contributed by atoms with E-state index in [0.717, 1.165) is 32.0 Å². The summed E-state index contributed by atoms with van der Waals surface area (Å²) in [6, 6.07) is 3.81. The zero-order valence-corrected chi connectivity index (χ0v) is 9.58. The van der Waals surface area contributed by atoms with Gasteiger partial charge in [0.1, 0.15) is 5.82 Å². The van der Waals surface area contributed by atoms with Crippen molar-refractivity contribution < 1.29 is 9.18 Å². The Morgan fingerprint density at radius 1 is 1.29 bits per heavy atom. The smallest absolute Gasteiger partial charge is 0.267 e. The Hall–Kier alpha value is -1.62. The lowest BCUT2D eigenvalue weighted by Gasteiger charge is -2.26. The maximum Gasteiger partial charge on any atom is 0.267 e. The van der Waals surface area contributed by atoms with Gasteiger partial charge in [-0.2, -0.15) is 0 Å². The second-order valence-corrected chi connectivity index (χ2v) is 4.22. The van der Waals surface area contributed by atoms with E-state index in [4.69, 9.17) is 5.73 Å². The molecule has 92 valence electrons. The minimum Gasteiger partial charge on any atom is -0.398 e. The van der Waals surface area contributed by atoms with Crippen molar-refractivity contribution in [3.8, 4) is 0 Å². The molecule has 1 fully saturated rings. The summed E-state index contributed by atoms with van der Waals surface area (Å²) in [5.41, 5.74) is 8.88. The second-order valence-electron chi connectivity index (χ2n) is 4.22. The summed E-state index contributed by atoms with van der Waals surface area (Å²) in [7, 11) is 0. The lowest BCUT2D eigenvalue weighted by atomic mass is 10.1. The van der Waals surface area contributed by atoms with E-state index in [-0.39, 0.29) is 11.5 Å². The van der Waals surface area contributed by atoms with E-state index < -0.39 is 5.82 Å². The number of hydrazine groups is 1. The fraction of sp³-hybridized carbons (Fsp3) is 0.417. The highest BCUT2D eigenvalue weighted by Crippen LogP contribution is 2.14. The number of piperidine rings is 1. The Kier molecular flexibility index (Phi) is 3.58. The first kappa shape index (κ1) is 11.9. The van der Waals surface area contributed by atoms with Crippen molar-refractivity contribution in [3.05, 3.63) is 29.6 Å². The molecule has 1 aromatic carbocycles. The van der Waals surface area contributed by atoms with Crippen LogP contribution in [-0.2, 0) is 0 Å². The average molecular weight is 237 g/mol. The van der Waals surface area contributed by atoms with Crippen LogP contribution in [0.3, 0.4) is 0 Å². The van der Waals surface area contributed by atoms with Crippen LogP contribution < -0.4 is 11.2 Å². The monoisotopic (exact) mass is 237 g/mol. The van der Waals surface area contributed by atoms with Gasteiger partial charge in [0.15, 0.2) is 0 Å². The molecule has 0 unspecified atom stereocenters. The SMILES string of the molecule is Nc1ccc(F)cc1C(=O)NN1CCCCC1. The Labute approximate surface area is 99.6 Å². The molecule has 1 saturated heterocycles. The Morgan fingerprint density at radius 3 is 2.71 bits per heavy atom. The number of nitrogen functional groups attached to an aromatic ring is 1. The predicted molar refractivity (Wildman–Crippen MR) is 63.7 cm³/mol. The van der Waals surface area contributed by atoms with Crippen molar-refractivity contribution in [2.75, 3.05) is 18.8 Å². The molecule has 0 spiro atoms. The molecule has 1 aliphatic rings. The van der Waals surface area contributed by atoms with Crippen LogP contribution in [0.1, 0.15) is 29.6 Å². The summed E-state index contributed by atoms with van der Waals surface area (Å²) in [5, 5.41) is 1.86. The second kappa shape index (κ2) is 5.14. The van der Waals surface area contributed by atoms with Gasteiger partial charge in [0.25, 0.3) is 5.91 Å². The molecule has 5 heteroatoms. The molecule has 3 N–H and O–H groups in total. The van der Waals surface area contributed by atoms with Crippen molar-refractivity contribution in [3.63, 3.8) is 0 Å². The van der Waals surface area contributed by atoms with Gasteiger partial charge < -0.3 is 5.73 Å². The summed E-state index contributed by atoms with van der Waals surface area (Å²) in [5.74, 6) is -0.799. The average Bonchev–Trinajstić information content (AvgIpc) is 2.33. The fourth-order valence-corrected chi connectivity index (χ4v) is 1.93. The van der Waals surface area contributed by atoms with E-state index in [1.54, 1.807) is 0 Å². The number of nitrogens with one attached hydrogen (secondary N) is 1. The zero-order chi connectivity index (χ0) is 12.3. The van der Waals surface area contributed by atoms with E-state index >= 15 is 0 Å². The number of nitrogens with zero attached hydrogens (tertiary/aromatic N) is 1. The van der Waals surface area contributed by atoms with Gasteiger partial charge in [-0.3, -0.25) is 10.2 Å². The van der Waals surface area contributed by atoms with E-state index in [9.17, 15) is 9.18 Å². The van der Waals surface area contributed by atoms with Gasteiger partial charge in [0.05, 0.1) is 5.56 Å². The van der Waals surface area contributed by atoms with Gasteiger partial charge in [-0.05, 0) is 31.0 Å². The van der Waals surface area contributed by atoms with E-state index in [1.165, 1.54) is 18.6 Å². The maximum atomic E-state index is 13.0. The Balaban J connectivity index is 2.05. The van der Waals surface area contributed by atoms with Crippen LogP contribution >= 0.6 is 0 Å². The molecule has 0 aromatic heterocycles. The van der Waals surface area contributed by atoms with Crippen molar-refractivity contribution in [2.24, 2.45) is 0 Å². The number of halogens is 1. The molecule has 1 heterocycles. The van der Waals surface area contributed by atoms with Crippen molar-refractivity contribution in [1.29, 1.82) is 0 Å². The van der Waals surface area contributed by atoms with Crippen LogP contribution in [-0.4, -0.2) is 24.0 Å². The number of carbonyl (C=O) groups is 1. The lowest BCUT2D eigenvalue weighted by molar-refractivity contribution is 0.0750. The third-order valence-electron chi connectivity index (χ3n) is 2.88. The van der Waals surface area contributed by atoms with Gasteiger partial charge in [-0.1, -0.05) is 6.42 Å². The van der Waals surface area contributed by atoms with Crippen LogP contribution in [0.5, 0.6) is 0 Å². The number of rotatable bonds is 2. The van der Waals surface area contributed by atoms with Gasteiger partial charge in [0.2, 0.25) is 0 Å². The molecule has 1 aliphatic heterocycles. The molecule has 0 aliphatic carbocycles. The summed E-state index contributed by atoms with van der Waals surface area (Å²) >= 11 is 0. The summed E-state index contributed by atoms with van der Waals surface area (Å²) in [6.07, 6.45) is 3.33. The number of nitrogens with two attached hydrogens (primary N) is 1. The number of carbonyl (C=O) groups excluding carboxylic acids is 1. The fourth-order valence-electron chi connectivity index (χ4n) is 1.93. The molecule has 4 nitrogen and oxygen atoms in total. The Bertz CT molecular complexity index is 416. The minimum atomic E-state index is -0.456. The Morgan fingerprint density at radius 2 is 2.00 bits per heavy atom. The van der Waals surface area contributed by atoms with Gasteiger partial charge in [-0.25, -0.2) is 9.40 Å². The van der Waals surface area contributed by atoms with Crippen LogP contribution in [0.2, 0.25) is 0 Å². The van der Waals surface area contributed by atoms with Gasteiger partial charge in [-0.15, -0.1) is 0 Å². The van der Waals surface area contributed by atoms with Crippen LogP contribution in [0.4, 0.5) is 10.1 Å². The highest BCUT2D eigenvalue weighted by Gasteiger charge is 2.16. The quantitative estimate of drug-likeness (QED) is 0.767. The molecule has 1 amide bonds. The number of benzene rings is 1. The number of anilines is 1. The number of amides is 1. The van der Waals surface area contributed by atoms with Crippen molar-refractivity contribution in [1.82, 2.24) is 10.4 Å². The first-order valence-electron chi connectivity index (χ1n) is 5.78. The highest BCUT2D eigenvalue weighted by molar-refractivity contribution is 5.98. The first-order valence-corrected chi connectivity index (χ1v) is 5.78. The minimum absolute atomic E-state index is 0.190. The summed E-state index contributed by atoms with van der Waals surface area (Å²) in [6.45, 7) is 1.67. The first-order chi connectivity index (χ1) is 8.16. The summed E-state index contributed by atoms with van der Waals surface area (Å²) < 4.78 is 13.0. The highest BCUT2D eigenvalue weighted by atomic mass is 19.1. The van der Waals surface area contributed by atoms with E-state index in [2.05, 4.69) is 5.43 Å². The van der Waals surface area contributed by atoms with Crippen molar-refractivity contribution >= 4 is 11.6 Å². The molecule has 0 atom stereocenters. The molecular weight excluding hydrogens is 221 g/mol. The van der Waals surface area contributed by atoms with Gasteiger partial charge in [0, 0.05) is 18.8 Å².